The lowest BCUT2D eigenvalue weighted by molar-refractivity contribution is 1.21. The molecule has 1 aliphatic rings. The highest BCUT2D eigenvalue weighted by Crippen LogP contribution is 2.38. The molecule has 0 atom stereocenters. The largest absolute Gasteiger partial charge is 0.248 e. The van der Waals surface area contributed by atoms with Crippen LogP contribution in [-0.4, -0.2) is 23.0 Å². The smallest absolute Gasteiger partial charge is 0.159 e. The molecule has 6 aromatic carbocycles. The van der Waals surface area contributed by atoms with Gasteiger partial charge in [0.2, 0.25) is 0 Å². The van der Waals surface area contributed by atoms with Gasteiger partial charge in [0.05, 0.1) is 17.1 Å². The van der Waals surface area contributed by atoms with E-state index in [0.717, 1.165) is 61.9 Å². The van der Waals surface area contributed by atoms with Gasteiger partial charge in [0.1, 0.15) is 8.07 Å². The summed E-state index contributed by atoms with van der Waals surface area (Å²) in [6.45, 7) is 4.82. The maximum Gasteiger partial charge on any atom is 0.159 e. The van der Waals surface area contributed by atoms with Gasteiger partial charge in [-0.15, -0.1) is 0 Å². The zero-order chi connectivity index (χ0) is 34.4. The van der Waals surface area contributed by atoms with Crippen molar-refractivity contribution in [2.75, 3.05) is 0 Å². The van der Waals surface area contributed by atoms with Crippen LogP contribution in [0.5, 0.6) is 0 Å². The third-order valence-corrected chi connectivity index (χ3v) is 13.4. The highest BCUT2D eigenvalue weighted by atomic mass is 28.3. The lowest BCUT2D eigenvalue weighted by Crippen LogP contribution is -2.50. The topological polar surface area (TPSA) is 38.7 Å². The van der Waals surface area contributed by atoms with E-state index in [0.29, 0.717) is 0 Å². The third kappa shape index (κ3) is 5.60. The van der Waals surface area contributed by atoms with Crippen molar-refractivity contribution in [3.63, 3.8) is 0 Å². The molecule has 242 valence electrons. The summed E-state index contributed by atoms with van der Waals surface area (Å²) in [5, 5.41) is 2.63. The van der Waals surface area contributed by atoms with Gasteiger partial charge >= 0.3 is 0 Å². The lowest BCUT2D eigenvalue weighted by atomic mass is 9.95. The molecule has 51 heavy (non-hydrogen) atoms. The molecule has 8 aromatic rings. The van der Waals surface area contributed by atoms with Crippen LogP contribution in [0.1, 0.15) is 0 Å². The maximum absolute atomic E-state index is 5.33. The van der Waals surface area contributed by atoms with Gasteiger partial charge in [0.25, 0.3) is 0 Å². The standard InChI is InChI=1S/C47H35N3Si/c1-51(2)43-27-13-12-26-40(43)44-45(49-46(50-47(44)51)34-20-10-5-11-21-34)38-25-15-23-36(29-38)35-22-14-24-37(28-35)42-31-39(32-16-6-3-7-17-32)30-41(48-42)33-18-8-4-9-19-33/h3-31H,1-2H3. The molecule has 0 spiro atoms. The Hall–Kier alpha value is -6.23. The van der Waals surface area contributed by atoms with Gasteiger partial charge in [-0.05, 0) is 57.3 Å². The second-order valence-electron chi connectivity index (χ2n) is 13.7. The van der Waals surface area contributed by atoms with Crippen molar-refractivity contribution in [3.05, 3.63) is 176 Å². The Bertz CT molecular complexity index is 2490. The van der Waals surface area contributed by atoms with E-state index in [1.165, 1.54) is 27.2 Å². The SMILES string of the molecule is C[Si]1(C)c2ccccc2-c2c(-c3cccc(-c4cccc(-c5cc(-c6ccccc6)cc(-c6ccccc6)n5)c4)c3)nc(-c3ccccc3)nc21. The van der Waals surface area contributed by atoms with Gasteiger partial charge < -0.3 is 0 Å². The Morgan fingerprint density at radius 1 is 0.373 bits per heavy atom. The predicted octanol–water partition coefficient (Wildman–Crippen LogP) is 10.7. The Morgan fingerprint density at radius 3 is 1.57 bits per heavy atom. The number of pyridine rings is 1. The quantitative estimate of drug-likeness (QED) is 0.165. The average molecular weight is 670 g/mol. The van der Waals surface area contributed by atoms with Crippen molar-refractivity contribution in [2.45, 2.75) is 13.1 Å². The van der Waals surface area contributed by atoms with Crippen molar-refractivity contribution >= 4 is 18.6 Å². The van der Waals surface area contributed by atoms with Gasteiger partial charge in [-0.2, -0.15) is 0 Å². The minimum Gasteiger partial charge on any atom is -0.248 e. The molecule has 3 nitrogen and oxygen atoms in total. The van der Waals surface area contributed by atoms with Crippen molar-refractivity contribution < 1.29 is 0 Å². The molecular formula is C47H35N3Si. The number of hydrogen-bond donors (Lipinski definition) is 0. The van der Waals surface area contributed by atoms with E-state index in [4.69, 9.17) is 15.0 Å². The number of benzene rings is 6. The van der Waals surface area contributed by atoms with Crippen LogP contribution in [-0.2, 0) is 0 Å². The number of fused-ring (bicyclic) bond motifs is 3. The van der Waals surface area contributed by atoms with E-state index < -0.39 is 8.07 Å². The average Bonchev–Trinajstić information content (AvgIpc) is 3.44. The summed E-state index contributed by atoms with van der Waals surface area (Å²) < 4.78 is 0. The van der Waals surface area contributed by atoms with Crippen LogP contribution >= 0.6 is 0 Å². The van der Waals surface area contributed by atoms with Crippen LogP contribution in [0.25, 0.3) is 78.5 Å². The molecule has 0 fully saturated rings. The van der Waals surface area contributed by atoms with Crippen LogP contribution in [0, 0.1) is 0 Å². The van der Waals surface area contributed by atoms with Crippen molar-refractivity contribution in [2.24, 2.45) is 0 Å². The molecule has 0 saturated carbocycles. The fourth-order valence-corrected chi connectivity index (χ4v) is 10.3. The minimum atomic E-state index is -2.05. The normalized spacial score (nSPS) is 12.7. The van der Waals surface area contributed by atoms with Crippen LogP contribution in [0.3, 0.4) is 0 Å². The van der Waals surface area contributed by atoms with E-state index in [1.807, 2.05) is 12.1 Å². The van der Waals surface area contributed by atoms with Gasteiger partial charge in [-0.25, -0.2) is 15.0 Å². The molecule has 0 bridgehead atoms. The second kappa shape index (κ2) is 12.6. The molecule has 0 unspecified atom stereocenters. The third-order valence-electron chi connectivity index (χ3n) is 10.0. The maximum atomic E-state index is 5.33. The van der Waals surface area contributed by atoms with Crippen LogP contribution < -0.4 is 10.5 Å². The molecular weight excluding hydrogens is 635 g/mol. The fourth-order valence-electron chi connectivity index (χ4n) is 7.40. The van der Waals surface area contributed by atoms with Crippen LogP contribution in [0.2, 0.25) is 13.1 Å². The van der Waals surface area contributed by atoms with Crippen molar-refractivity contribution in [3.8, 4) is 78.5 Å². The van der Waals surface area contributed by atoms with E-state index in [-0.39, 0.29) is 0 Å². The first-order valence-corrected chi connectivity index (χ1v) is 20.4. The Labute approximate surface area is 300 Å². The highest BCUT2D eigenvalue weighted by Gasteiger charge is 2.41. The van der Waals surface area contributed by atoms with Crippen molar-refractivity contribution in [1.29, 1.82) is 0 Å². The van der Waals surface area contributed by atoms with E-state index in [9.17, 15) is 0 Å². The predicted molar refractivity (Wildman–Crippen MR) is 215 cm³/mol. The summed E-state index contributed by atoms with van der Waals surface area (Å²) >= 11 is 0. The highest BCUT2D eigenvalue weighted by molar-refractivity contribution is 7.03. The molecule has 9 rings (SSSR count). The number of aromatic nitrogens is 3. The van der Waals surface area contributed by atoms with Gasteiger partial charge in [-0.1, -0.05) is 165 Å². The van der Waals surface area contributed by atoms with Crippen LogP contribution in [0.15, 0.2) is 176 Å². The molecule has 3 heterocycles. The summed E-state index contributed by atoms with van der Waals surface area (Å²) in [5.41, 5.74) is 14.2. The van der Waals surface area contributed by atoms with Crippen LogP contribution in [0.4, 0.5) is 0 Å². The van der Waals surface area contributed by atoms with Gasteiger partial charge in [-0.3, -0.25) is 0 Å². The van der Waals surface area contributed by atoms with E-state index in [2.05, 4.69) is 177 Å². The summed E-state index contributed by atoms with van der Waals surface area (Å²) in [4.78, 5) is 15.8. The van der Waals surface area contributed by atoms with Gasteiger partial charge in [0.15, 0.2) is 5.82 Å². The Balaban J connectivity index is 1.18. The van der Waals surface area contributed by atoms with E-state index >= 15 is 0 Å². The molecule has 4 heteroatoms. The summed E-state index contributed by atoms with van der Waals surface area (Å²) in [7, 11) is -2.05. The second-order valence-corrected chi connectivity index (χ2v) is 17.9. The molecule has 0 radical (unpaired) electrons. The minimum absolute atomic E-state index is 0.781. The van der Waals surface area contributed by atoms with Crippen molar-refractivity contribution in [1.82, 2.24) is 15.0 Å². The Morgan fingerprint density at radius 2 is 0.882 bits per heavy atom. The molecule has 0 N–H and O–H groups in total. The molecule has 0 saturated heterocycles. The summed E-state index contributed by atoms with van der Waals surface area (Å²) in [6, 6.07) is 62.1. The molecule has 0 amide bonds. The number of hydrogen-bond acceptors (Lipinski definition) is 3. The molecule has 0 aliphatic carbocycles. The first kappa shape index (κ1) is 30.8. The summed E-state index contributed by atoms with van der Waals surface area (Å²) in [6.07, 6.45) is 0. The molecule has 1 aliphatic heterocycles. The van der Waals surface area contributed by atoms with E-state index in [1.54, 1.807) is 0 Å². The monoisotopic (exact) mass is 669 g/mol. The molecule has 2 aromatic heterocycles. The zero-order valence-corrected chi connectivity index (χ0v) is 29.6. The first-order chi connectivity index (χ1) is 25.0. The fraction of sp³-hybridized carbons (Fsp3) is 0.0426. The first-order valence-electron chi connectivity index (χ1n) is 17.4. The Kier molecular flexibility index (Phi) is 7.60. The van der Waals surface area contributed by atoms with Gasteiger partial charge in [0, 0.05) is 33.1 Å². The summed E-state index contributed by atoms with van der Waals surface area (Å²) in [5.74, 6) is 0.781. The number of rotatable bonds is 6. The zero-order valence-electron chi connectivity index (χ0n) is 28.6. The lowest BCUT2D eigenvalue weighted by Gasteiger charge is -2.19. The number of nitrogens with zero attached hydrogens (tertiary/aromatic N) is 3.